The quantitative estimate of drug-likeness (QED) is 0.265. The highest BCUT2D eigenvalue weighted by atomic mass is 35.5. The van der Waals surface area contributed by atoms with E-state index in [1.54, 1.807) is 53.9 Å². The Kier molecular flexibility index (Phi) is 6.43. The molecule has 0 saturated heterocycles. The monoisotopic (exact) mass is 478 g/mol. The molecule has 1 heterocycles. The Balaban J connectivity index is 1.41. The van der Waals surface area contributed by atoms with Crippen molar-refractivity contribution in [3.05, 3.63) is 104 Å². The number of nitro groups is 1. The predicted molar refractivity (Wildman–Crippen MR) is 128 cm³/mol. The molecule has 3 aromatic carbocycles. The van der Waals surface area contributed by atoms with Gasteiger partial charge in [-0.15, -0.1) is 11.3 Å². The van der Waals surface area contributed by atoms with Crippen molar-refractivity contribution in [1.82, 2.24) is 4.98 Å². The van der Waals surface area contributed by atoms with Crippen molar-refractivity contribution in [2.75, 3.05) is 10.6 Å². The van der Waals surface area contributed by atoms with Crippen LogP contribution in [0.25, 0.3) is 11.3 Å². The number of anilines is 2. The molecule has 0 unspecified atom stereocenters. The minimum Gasteiger partial charge on any atom is -0.322 e. The van der Waals surface area contributed by atoms with Crippen molar-refractivity contribution in [3.8, 4) is 11.3 Å². The first-order chi connectivity index (χ1) is 15.9. The number of halogens is 1. The molecule has 33 heavy (non-hydrogen) atoms. The molecule has 0 saturated carbocycles. The van der Waals surface area contributed by atoms with Gasteiger partial charge in [0.05, 0.1) is 10.6 Å². The molecule has 0 radical (unpaired) electrons. The Morgan fingerprint density at radius 2 is 1.61 bits per heavy atom. The first-order valence-electron chi connectivity index (χ1n) is 9.58. The highest BCUT2D eigenvalue weighted by Crippen LogP contribution is 2.27. The van der Waals surface area contributed by atoms with E-state index >= 15 is 0 Å². The molecule has 0 aliphatic rings. The molecule has 0 atom stereocenters. The van der Waals surface area contributed by atoms with Gasteiger partial charge in [0.15, 0.2) is 5.13 Å². The number of rotatable bonds is 6. The van der Waals surface area contributed by atoms with E-state index in [1.165, 1.54) is 35.6 Å². The van der Waals surface area contributed by atoms with E-state index in [0.29, 0.717) is 27.1 Å². The van der Waals surface area contributed by atoms with Gasteiger partial charge in [0, 0.05) is 44.9 Å². The van der Waals surface area contributed by atoms with E-state index in [1.807, 2.05) is 0 Å². The number of carbonyl (C=O) groups excluding carboxylic acids is 2. The van der Waals surface area contributed by atoms with Gasteiger partial charge in [-0.25, -0.2) is 4.98 Å². The van der Waals surface area contributed by atoms with Gasteiger partial charge in [-0.1, -0.05) is 29.8 Å². The fraction of sp³-hybridized carbons (Fsp3) is 0. The summed E-state index contributed by atoms with van der Waals surface area (Å²) in [7, 11) is 0. The van der Waals surface area contributed by atoms with E-state index in [0.717, 1.165) is 5.56 Å². The molecular weight excluding hydrogens is 464 g/mol. The molecule has 4 aromatic rings. The van der Waals surface area contributed by atoms with Crippen LogP contribution in [0.1, 0.15) is 20.7 Å². The van der Waals surface area contributed by atoms with Crippen LogP contribution in [-0.4, -0.2) is 21.7 Å². The summed E-state index contributed by atoms with van der Waals surface area (Å²) in [6.45, 7) is 0. The second kappa shape index (κ2) is 9.60. The number of benzene rings is 3. The third-order valence-electron chi connectivity index (χ3n) is 4.59. The summed E-state index contributed by atoms with van der Waals surface area (Å²) in [6.07, 6.45) is 0. The molecule has 10 heteroatoms. The summed E-state index contributed by atoms with van der Waals surface area (Å²) in [4.78, 5) is 39.5. The summed E-state index contributed by atoms with van der Waals surface area (Å²) in [5, 5.41) is 19.1. The number of nitro benzene ring substituents is 1. The normalized spacial score (nSPS) is 10.5. The van der Waals surface area contributed by atoms with Crippen molar-refractivity contribution in [1.29, 1.82) is 0 Å². The highest BCUT2D eigenvalue weighted by molar-refractivity contribution is 7.14. The van der Waals surface area contributed by atoms with E-state index in [4.69, 9.17) is 11.6 Å². The van der Waals surface area contributed by atoms with Gasteiger partial charge in [-0.05, 0) is 42.5 Å². The lowest BCUT2D eigenvalue weighted by molar-refractivity contribution is -0.384. The summed E-state index contributed by atoms with van der Waals surface area (Å²) in [5.74, 6) is -0.737. The lowest BCUT2D eigenvalue weighted by Crippen LogP contribution is -2.12. The minimum atomic E-state index is -0.556. The standard InChI is InChI=1S/C23H15ClN4O4S/c24-17-8-4-15(5-9-17)21(29)25-18-10-6-14(7-11-18)20-13-33-23(26-20)27-22(30)16-2-1-3-19(12-16)28(31)32/h1-13H,(H,25,29)(H,26,27,30). The van der Waals surface area contributed by atoms with Crippen LogP contribution in [0.5, 0.6) is 0 Å². The van der Waals surface area contributed by atoms with E-state index in [2.05, 4.69) is 15.6 Å². The molecule has 2 amide bonds. The van der Waals surface area contributed by atoms with Crippen LogP contribution >= 0.6 is 22.9 Å². The number of amides is 2. The molecule has 164 valence electrons. The number of nitrogens with zero attached hydrogens (tertiary/aromatic N) is 2. The smallest absolute Gasteiger partial charge is 0.270 e. The molecule has 0 spiro atoms. The third kappa shape index (κ3) is 5.40. The molecular formula is C23H15ClN4O4S. The number of thiazole rings is 1. The summed E-state index contributed by atoms with van der Waals surface area (Å²) >= 11 is 7.08. The molecule has 1 aromatic heterocycles. The Morgan fingerprint density at radius 1 is 0.909 bits per heavy atom. The second-order valence-electron chi connectivity index (χ2n) is 6.84. The van der Waals surface area contributed by atoms with Crippen LogP contribution in [0.4, 0.5) is 16.5 Å². The number of hydrogen-bond acceptors (Lipinski definition) is 6. The average Bonchev–Trinajstić information content (AvgIpc) is 3.28. The zero-order chi connectivity index (χ0) is 23.4. The first-order valence-corrected chi connectivity index (χ1v) is 10.8. The average molecular weight is 479 g/mol. The van der Waals surface area contributed by atoms with Crippen LogP contribution < -0.4 is 10.6 Å². The number of carbonyl (C=O) groups is 2. The maximum absolute atomic E-state index is 12.4. The van der Waals surface area contributed by atoms with Crippen molar-refractivity contribution in [2.45, 2.75) is 0 Å². The lowest BCUT2D eigenvalue weighted by atomic mass is 10.1. The predicted octanol–water partition coefficient (Wildman–Crippen LogP) is 5.88. The van der Waals surface area contributed by atoms with Crippen molar-refractivity contribution in [2.24, 2.45) is 0 Å². The van der Waals surface area contributed by atoms with E-state index < -0.39 is 10.8 Å². The lowest BCUT2D eigenvalue weighted by Gasteiger charge is -2.06. The molecule has 4 rings (SSSR count). The van der Waals surface area contributed by atoms with Gasteiger partial charge >= 0.3 is 0 Å². The SMILES string of the molecule is O=C(Nc1ccc(-c2csc(NC(=O)c3cccc([N+](=O)[O-])c3)n2)cc1)c1ccc(Cl)cc1. The molecule has 0 bridgehead atoms. The second-order valence-corrected chi connectivity index (χ2v) is 8.13. The highest BCUT2D eigenvalue weighted by Gasteiger charge is 2.14. The topological polar surface area (TPSA) is 114 Å². The van der Waals surface area contributed by atoms with Crippen molar-refractivity contribution in [3.63, 3.8) is 0 Å². The largest absolute Gasteiger partial charge is 0.322 e. The molecule has 8 nitrogen and oxygen atoms in total. The number of nitrogens with one attached hydrogen (secondary N) is 2. The Labute approximate surface area is 197 Å². The fourth-order valence-electron chi connectivity index (χ4n) is 2.92. The van der Waals surface area contributed by atoms with Gasteiger partial charge in [-0.3, -0.25) is 25.0 Å². The maximum Gasteiger partial charge on any atom is 0.270 e. The summed E-state index contributed by atoms with van der Waals surface area (Å²) in [5.41, 5.74) is 2.56. The first kappa shape index (κ1) is 22.1. The van der Waals surface area contributed by atoms with Gasteiger partial charge in [0.25, 0.3) is 17.5 Å². The van der Waals surface area contributed by atoms with Crippen LogP contribution in [0.2, 0.25) is 5.02 Å². The van der Waals surface area contributed by atoms with E-state index in [9.17, 15) is 19.7 Å². The Morgan fingerprint density at radius 3 is 2.30 bits per heavy atom. The van der Waals surface area contributed by atoms with Crippen LogP contribution in [0.3, 0.4) is 0 Å². The number of non-ortho nitro benzene ring substituents is 1. The van der Waals surface area contributed by atoms with Gasteiger partial charge < -0.3 is 5.32 Å². The Hall–Kier alpha value is -4.08. The Bertz CT molecular complexity index is 1340. The minimum absolute atomic E-state index is 0.161. The molecule has 0 aliphatic carbocycles. The molecule has 2 N–H and O–H groups in total. The zero-order valence-electron chi connectivity index (χ0n) is 16.8. The van der Waals surface area contributed by atoms with Crippen LogP contribution in [-0.2, 0) is 0 Å². The fourth-order valence-corrected chi connectivity index (χ4v) is 3.76. The van der Waals surface area contributed by atoms with Gasteiger partial charge in [0.2, 0.25) is 0 Å². The maximum atomic E-state index is 12.4. The summed E-state index contributed by atoms with van der Waals surface area (Å²) < 4.78 is 0. The van der Waals surface area contributed by atoms with Crippen molar-refractivity contribution < 1.29 is 14.5 Å². The molecule has 0 aliphatic heterocycles. The number of aromatic nitrogens is 1. The van der Waals surface area contributed by atoms with Crippen molar-refractivity contribution >= 4 is 51.3 Å². The summed E-state index contributed by atoms with van der Waals surface area (Å²) in [6, 6.07) is 19.2. The third-order valence-corrected chi connectivity index (χ3v) is 5.60. The van der Waals surface area contributed by atoms with Crippen LogP contribution in [0, 0.1) is 10.1 Å². The zero-order valence-corrected chi connectivity index (χ0v) is 18.4. The van der Waals surface area contributed by atoms with E-state index in [-0.39, 0.29) is 17.2 Å². The van der Waals surface area contributed by atoms with Gasteiger partial charge in [-0.2, -0.15) is 0 Å². The molecule has 0 fully saturated rings. The number of hydrogen-bond donors (Lipinski definition) is 2. The van der Waals surface area contributed by atoms with Gasteiger partial charge in [0.1, 0.15) is 0 Å². The van der Waals surface area contributed by atoms with Crippen LogP contribution in [0.15, 0.2) is 78.2 Å².